The third kappa shape index (κ3) is 1.72. The molecule has 1 heterocycles. The van der Waals surface area contributed by atoms with Gasteiger partial charge in [-0.1, -0.05) is 6.42 Å². The summed E-state index contributed by atoms with van der Waals surface area (Å²) in [7, 11) is 2.22. The number of rotatable bonds is 4. The van der Waals surface area contributed by atoms with Crippen LogP contribution in [0.3, 0.4) is 0 Å². The zero-order valence-electron chi connectivity index (χ0n) is 10.6. The van der Waals surface area contributed by atoms with E-state index in [0.29, 0.717) is 0 Å². The molecule has 0 radical (unpaired) electrons. The minimum atomic E-state index is 0.250. The normalized spacial score (nSPS) is 35.9. The number of likely N-dealkylation sites (N-methyl/N-ethyl adjacent to an activating group) is 1. The Bertz CT molecular complexity index is 376. The van der Waals surface area contributed by atoms with Crippen molar-refractivity contribution in [2.75, 3.05) is 13.6 Å². The van der Waals surface area contributed by atoms with E-state index in [1.165, 1.54) is 31.2 Å². The highest BCUT2D eigenvalue weighted by molar-refractivity contribution is 5.11. The second-order valence-electron chi connectivity index (χ2n) is 5.88. The Labute approximate surface area is 103 Å². The zero-order chi connectivity index (χ0) is 11.9. The second-order valence-corrected chi connectivity index (χ2v) is 5.88. The molecule has 1 aromatic heterocycles. The van der Waals surface area contributed by atoms with Crippen LogP contribution in [0.2, 0.25) is 0 Å². The third-order valence-electron chi connectivity index (χ3n) is 5.06. The van der Waals surface area contributed by atoms with Gasteiger partial charge in [-0.3, -0.25) is 4.90 Å². The molecule has 94 valence electrons. The number of fused-ring (bicyclic) bond motifs is 2. The second kappa shape index (κ2) is 4.14. The van der Waals surface area contributed by atoms with Crippen LogP contribution < -0.4 is 5.73 Å². The molecule has 2 bridgehead atoms. The van der Waals surface area contributed by atoms with Crippen LogP contribution in [0.4, 0.5) is 0 Å². The van der Waals surface area contributed by atoms with Crippen LogP contribution >= 0.6 is 0 Å². The van der Waals surface area contributed by atoms with Gasteiger partial charge < -0.3 is 10.2 Å². The lowest BCUT2D eigenvalue weighted by Crippen LogP contribution is -2.55. The van der Waals surface area contributed by atoms with Crippen LogP contribution in [0, 0.1) is 11.8 Å². The van der Waals surface area contributed by atoms with Crippen LogP contribution in [0.15, 0.2) is 23.0 Å². The summed E-state index contributed by atoms with van der Waals surface area (Å²) in [5.41, 5.74) is 7.62. The first-order valence-electron chi connectivity index (χ1n) is 6.67. The fourth-order valence-electron chi connectivity index (χ4n) is 4.10. The Balaban J connectivity index is 1.76. The first-order chi connectivity index (χ1) is 8.24. The van der Waals surface area contributed by atoms with Crippen molar-refractivity contribution in [1.82, 2.24) is 4.90 Å². The molecule has 2 fully saturated rings. The van der Waals surface area contributed by atoms with Crippen LogP contribution in [-0.2, 0) is 6.54 Å². The van der Waals surface area contributed by atoms with Crippen molar-refractivity contribution in [1.29, 1.82) is 0 Å². The first-order valence-corrected chi connectivity index (χ1v) is 6.67. The zero-order valence-corrected chi connectivity index (χ0v) is 10.6. The van der Waals surface area contributed by atoms with Crippen LogP contribution in [0.5, 0.6) is 0 Å². The number of hydrogen-bond donors (Lipinski definition) is 1. The topological polar surface area (TPSA) is 42.4 Å². The first kappa shape index (κ1) is 11.3. The maximum Gasteiger partial charge on any atom is 0.0947 e. The lowest BCUT2D eigenvalue weighted by molar-refractivity contribution is 0.0590. The lowest BCUT2D eigenvalue weighted by atomic mass is 9.79. The molecule has 3 nitrogen and oxygen atoms in total. The van der Waals surface area contributed by atoms with E-state index in [2.05, 4.69) is 11.9 Å². The van der Waals surface area contributed by atoms with Gasteiger partial charge in [-0.25, -0.2) is 0 Å². The van der Waals surface area contributed by atoms with Crippen LogP contribution in [0.25, 0.3) is 0 Å². The van der Waals surface area contributed by atoms with Crippen molar-refractivity contribution in [3.8, 4) is 0 Å². The summed E-state index contributed by atoms with van der Waals surface area (Å²) in [6, 6.07) is 2.05. The summed E-state index contributed by atoms with van der Waals surface area (Å²) in [5, 5.41) is 0. The average Bonchev–Trinajstić information content (AvgIpc) is 3.04. The van der Waals surface area contributed by atoms with E-state index in [-0.39, 0.29) is 5.54 Å². The molecule has 17 heavy (non-hydrogen) atoms. The van der Waals surface area contributed by atoms with E-state index in [4.69, 9.17) is 10.2 Å². The van der Waals surface area contributed by atoms with Gasteiger partial charge in [-0.05, 0) is 44.2 Å². The van der Waals surface area contributed by atoms with Gasteiger partial charge in [-0.2, -0.15) is 0 Å². The van der Waals surface area contributed by atoms with E-state index in [9.17, 15) is 0 Å². The van der Waals surface area contributed by atoms with Crippen molar-refractivity contribution in [3.63, 3.8) is 0 Å². The van der Waals surface area contributed by atoms with Gasteiger partial charge in [0, 0.05) is 24.2 Å². The SMILES string of the molecule is CN(Cc1ccoc1)C1(CN)CC2CCC1C2. The number of nitrogens with two attached hydrogens (primary N) is 1. The predicted molar refractivity (Wildman–Crippen MR) is 67.4 cm³/mol. The molecule has 0 aromatic carbocycles. The molecular formula is C14H22N2O. The molecule has 3 rings (SSSR count). The summed E-state index contributed by atoms with van der Waals surface area (Å²) >= 11 is 0. The Morgan fingerprint density at radius 1 is 1.53 bits per heavy atom. The highest BCUT2D eigenvalue weighted by Gasteiger charge is 2.52. The fourth-order valence-corrected chi connectivity index (χ4v) is 4.10. The molecule has 0 saturated heterocycles. The summed E-state index contributed by atoms with van der Waals surface area (Å²) in [5.74, 6) is 1.74. The van der Waals surface area contributed by atoms with Crippen LogP contribution in [0.1, 0.15) is 31.2 Å². The monoisotopic (exact) mass is 234 g/mol. The van der Waals surface area contributed by atoms with Gasteiger partial charge in [0.2, 0.25) is 0 Å². The van der Waals surface area contributed by atoms with E-state index < -0.39 is 0 Å². The third-order valence-corrected chi connectivity index (χ3v) is 5.06. The van der Waals surface area contributed by atoms with Gasteiger partial charge in [0.1, 0.15) is 0 Å². The van der Waals surface area contributed by atoms with Crippen LogP contribution in [-0.4, -0.2) is 24.0 Å². The predicted octanol–water partition coefficient (Wildman–Crippen LogP) is 2.23. The Hall–Kier alpha value is -0.800. The molecular weight excluding hydrogens is 212 g/mol. The summed E-state index contributed by atoms with van der Waals surface area (Å²) in [6.07, 6.45) is 9.08. The van der Waals surface area contributed by atoms with Gasteiger partial charge in [0.05, 0.1) is 12.5 Å². The smallest absolute Gasteiger partial charge is 0.0947 e. The van der Waals surface area contributed by atoms with Gasteiger partial charge >= 0.3 is 0 Å². The minimum Gasteiger partial charge on any atom is -0.472 e. The Morgan fingerprint density at radius 2 is 2.41 bits per heavy atom. The molecule has 3 heteroatoms. The molecule has 0 amide bonds. The Kier molecular flexibility index (Phi) is 2.75. The molecule has 3 atom stereocenters. The highest BCUT2D eigenvalue weighted by Crippen LogP contribution is 2.52. The number of hydrogen-bond acceptors (Lipinski definition) is 3. The van der Waals surface area contributed by atoms with Crippen molar-refractivity contribution in [2.24, 2.45) is 17.6 Å². The van der Waals surface area contributed by atoms with Gasteiger partial charge in [0.25, 0.3) is 0 Å². The molecule has 2 aliphatic rings. The van der Waals surface area contributed by atoms with Gasteiger partial charge in [-0.15, -0.1) is 0 Å². The maximum atomic E-state index is 6.12. The van der Waals surface area contributed by atoms with Crippen molar-refractivity contribution in [2.45, 2.75) is 37.8 Å². The van der Waals surface area contributed by atoms with E-state index >= 15 is 0 Å². The van der Waals surface area contributed by atoms with E-state index in [1.807, 2.05) is 12.3 Å². The molecule has 2 saturated carbocycles. The summed E-state index contributed by atoms with van der Waals surface area (Å²) < 4.78 is 5.15. The Morgan fingerprint density at radius 3 is 2.94 bits per heavy atom. The van der Waals surface area contributed by atoms with Crippen molar-refractivity contribution >= 4 is 0 Å². The largest absolute Gasteiger partial charge is 0.472 e. The molecule has 0 spiro atoms. The molecule has 2 N–H and O–H groups in total. The minimum absolute atomic E-state index is 0.250. The molecule has 3 unspecified atom stereocenters. The fraction of sp³-hybridized carbons (Fsp3) is 0.714. The molecule has 2 aliphatic carbocycles. The standard InChI is InChI=1S/C14H22N2O/c1-16(8-12-4-5-17-9-12)14(10-15)7-11-2-3-13(14)6-11/h4-5,9,11,13H,2-3,6-8,10,15H2,1H3. The highest BCUT2D eigenvalue weighted by atomic mass is 16.3. The number of furan rings is 1. The molecule has 0 aliphatic heterocycles. The number of nitrogens with zero attached hydrogens (tertiary/aromatic N) is 1. The van der Waals surface area contributed by atoms with Crippen molar-refractivity contribution in [3.05, 3.63) is 24.2 Å². The van der Waals surface area contributed by atoms with Crippen molar-refractivity contribution < 1.29 is 4.42 Å². The molecule has 1 aromatic rings. The maximum absolute atomic E-state index is 6.12. The average molecular weight is 234 g/mol. The van der Waals surface area contributed by atoms with E-state index in [1.54, 1.807) is 6.26 Å². The van der Waals surface area contributed by atoms with Gasteiger partial charge in [0.15, 0.2) is 0 Å². The van der Waals surface area contributed by atoms with E-state index in [0.717, 1.165) is 24.9 Å². The summed E-state index contributed by atoms with van der Waals surface area (Å²) in [4.78, 5) is 2.47. The quantitative estimate of drug-likeness (QED) is 0.868. The lowest BCUT2D eigenvalue weighted by Gasteiger charge is -2.44. The summed E-state index contributed by atoms with van der Waals surface area (Å²) in [6.45, 7) is 1.75.